The highest BCUT2D eigenvalue weighted by molar-refractivity contribution is 6.71. The highest BCUT2D eigenvalue weighted by Crippen LogP contribution is 2.60. The molecule has 0 saturated carbocycles. The summed E-state index contributed by atoms with van der Waals surface area (Å²) in [6, 6.07) is 22.7. The molecule has 0 bridgehead atoms. The minimum Gasteiger partial charge on any atom is -0.432 e. The van der Waals surface area contributed by atoms with Crippen molar-refractivity contribution in [2.24, 2.45) is 5.92 Å². The number of aliphatic hydroxyl groups is 1. The Morgan fingerprint density at radius 3 is 2.55 bits per heavy atom. The summed E-state index contributed by atoms with van der Waals surface area (Å²) in [5.74, 6) is -0.556. The molecule has 2 aromatic heterocycles. The molecule has 3 aromatic carbocycles. The summed E-state index contributed by atoms with van der Waals surface area (Å²) in [6.45, 7) is 6.61. The van der Waals surface area contributed by atoms with E-state index in [1.807, 2.05) is 86.7 Å². The summed E-state index contributed by atoms with van der Waals surface area (Å²) < 4.78 is 10.1. The zero-order valence-corrected chi connectivity index (χ0v) is 27.7. The lowest BCUT2D eigenvalue weighted by molar-refractivity contribution is -0.146. The second-order valence-corrected chi connectivity index (χ2v) is 17.1. The topological polar surface area (TPSA) is 136 Å². The number of aromatic nitrogens is 5. The lowest BCUT2D eigenvalue weighted by Gasteiger charge is -2.32. The van der Waals surface area contributed by atoms with Crippen molar-refractivity contribution in [2.75, 3.05) is 11.5 Å². The number of carbonyl (C=O) groups is 1. The lowest BCUT2D eigenvalue weighted by Crippen LogP contribution is -2.46. The second-order valence-electron chi connectivity index (χ2n) is 13.1. The van der Waals surface area contributed by atoms with Gasteiger partial charge < -0.3 is 19.5 Å². The SMILES string of the molecule is C[C@@H]1[C@@H]([Si](C)(C)O)[C@H](CCn2cc(CCO)nn2)O[C@@]12C(=O)N(Cc1ccccc1)c1ccc(-n3ncc4ccccc4c3=O)cc12. The van der Waals surface area contributed by atoms with E-state index in [2.05, 4.69) is 15.4 Å². The Morgan fingerprint density at radius 2 is 1.79 bits per heavy atom. The molecule has 1 spiro atoms. The molecule has 4 atom stereocenters. The molecule has 2 N–H and O–H groups in total. The number of carbonyl (C=O) groups excluding carboxylic acids is 1. The van der Waals surface area contributed by atoms with Gasteiger partial charge in [0.15, 0.2) is 13.9 Å². The van der Waals surface area contributed by atoms with Crippen molar-refractivity contribution >= 4 is 30.7 Å². The fourth-order valence-corrected chi connectivity index (χ4v) is 10.2. The predicted octanol–water partition coefficient (Wildman–Crippen LogP) is 3.95. The molecule has 242 valence electrons. The zero-order valence-electron chi connectivity index (χ0n) is 26.7. The minimum absolute atomic E-state index is 0.0132. The van der Waals surface area contributed by atoms with Gasteiger partial charge in [0.1, 0.15) is 0 Å². The molecule has 0 aliphatic carbocycles. The summed E-state index contributed by atoms with van der Waals surface area (Å²) in [6.07, 6.45) is 3.95. The summed E-state index contributed by atoms with van der Waals surface area (Å²) >= 11 is 0. The first-order valence-corrected chi connectivity index (χ1v) is 19.0. The molecule has 5 aromatic rings. The molecule has 47 heavy (non-hydrogen) atoms. The molecule has 1 amide bonds. The molecule has 2 aliphatic heterocycles. The summed E-state index contributed by atoms with van der Waals surface area (Å²) in [7, 11) is -2.90. The van der Waals surface area contributed by atoms with Gasteiger partial charge in [0.05, 0.1) is 41.3 Å². The first-order chi connectivity index (χ1) is 22.6. The summed E-state index contributed by atoms with van der Waals surface area (Å²) in [5.41, 5.74) is 1.67. The Bertz CT molecular complexity index is 2010. The Kier molecular flexibility index (Phi) is 7.91. The van der Waals surface area contributed by atoms with Gasteiger partial charge in [-0.2, -0.15) is 9.78 Å². The van der Waals surface area contributed by atoms with Crippen molar-refractivity contribution in [3.8, 4) is 5.69 Å². The maximum absolute atomic E-state index is 14.9. The van der Waals surface area contributed by atoms with Gasteiger partial charge in [-0.1, -0.05) is 60.7 Å². The Hall–Kier alpha value is -4.49. The van der Waals surface area contributed by atoms with Crippen LogP contribution in [0.25, 0.3) is 16.5 Å². The number of rotatable bonds is 9. The van der Waals surface area contributed by atoms with Crippen LogP contribution < -0.4 is 10.5 Å². The maximum Gasteiger partial charge on any atom is 0.279 e. The van der Waals surface area contributed by atoms with Crippen LogP contribution in [0, 0.1) is 5.92 Å². The van der Waals surface area contributed by atoms with Gasteiger partial charge in [0, 0.05) is 48.2 Å². The van der Waals surface area contributed by atoms with Gasteiger partial charge in [-0.25, -0.2) is 0 Å². The Morgan fingerprint density at radius 1 is 1.02 bits per heavy atom. The lowest BCUT2D eigenvalue weighted by atomic mass is 9.82. The first-order valence-electron chi connectivity index (χ1n) is 16.0. The van der Waals surface area contributed by atoms with E-state index in [1.165, 1.54) is 4.68 Å². The monoisotopic (exact) mass is 650 g/mol. The number of anilines is 1. The number of aliphatic hydroxyl groups excluding tert-OH is 1. The highest BCUT2D eigenvalue weighted by Gasteiger charge is 2.66. The van der Waals surface area contributed by atoms with Gasteiger partial charge in [0.2, 0.25) is 0 Å². The van der Waals surface area contributed by atoms with Crippen LogP contribution in [-0.4, -0.2) is 61.6 Å². The molecule has 0 radical (unpaired) electrons. The highest BCUT2D eigenvalue weighted by atomic mass is 28.4. The molecule has 11 nitrogen and oxygen atoms in total. The van der Waals surface area contributed by atoms with Crippen molar-refractivity contribution in [1.82, 2.24) is 24.8 Å². The third-order valence-electron chi connectivity index (χ3n) is 9.69. The molecular weight excluding hydrogens is 613 g/mol. The second kappa shape index (κ2) is 11.9. The summed E-state index contributed by atoms with van der Waals surface area (Å²) in [5, 5.41) is 23.4. The van der Waals surface area contributed by atoms with Crippen molar-refractivity contribution < 1.29 is 19.4 Å². The van der Waals surface area contributed by atoms with Gasteiger partial charge in [-0.3, -0.25) is 14.3 Å². The fraction of sp³-hybridized carbons (Fsp3) is 0.343. The van der Waals surface area contributed by atoms with Crippen LogP contribution in [0.15, 0.2) is 90.0 Å². The molecule has 2 aliphatic rings. The van der Waals surface area contributed by atoms with E-state index in [-0.39, 0.29) is 29.5 Å². The zero-order chi connectivity index (χ0) is 32.9. The predicted molar refractivity (Wildman–Crippen MR) is 180 cm³/mol. The van der Waals surface area contributed by atoms with E-state index >= 15 is 0 Å². The molecule has 1 saturated heterocycles. The molecule has 4 heterocycles. The average Bonchev–Trinajstić information content (AvgIpc) is 3.70. The third-order valence-corrected chi connectivity index (χ3v) is 12.2. The molecule has 12 heteroatoms. The van der Waals surface area contributed by atoms with Crippen molar-refractivity contribution in [3.63, 3.8) is 0 Å². The molecule has 0 unspecified atom stereocenters. The van der Waals surface area contributed by atoms with Gasteiger partial charge >= 0.3 is 0 Å². The van der Waals surface area contributed by atoms with Crippen LogP contribution >= 0.6 is 0 Å². The van der Waals surface area contributed by atoms with Crippen LogP contribution in [0.2, 0.25) is 18.6 Å². The summed E-state index contributed by atoms with van der Waals surface area (Å²) in [4.78, 5) is 41.9. The van der Waals surface area contributed by atoms with Gasteiger partial charge in [0.25, 0.3) is 11.5 Å². The number of ether oxygens (including phenoxy) is 1. The number of amides is 1. The van der Waals surface area contributed by atoms with Crippen LogP contribution in [-0.2, 0) is 34.6 Å². The van der Waals surface area contributed by atoms with Crippen LogP contribution in [0.1, 0.15) is 30.2 Å². The van der Waals surface area contributed by atoms with Crippen molar-refractivity contribution in [3.05, 3.63) is 112 Å². The van der Waals surface area contributed by atoms with E-state index in [4.69, 9.17) is 4.74 Å². The molecule has 7 rings (SSSR count). The first kappa shape index (κ1) is 31.1. The third kappa shape index (κ3) is 5.31. The Labute approximate surface area is 273 Å². The number of hydrogen-bond acceptors (Lipinski definition) is 8. The van der Waals surface area contributed by atoms with E-state index in [9.17, 15) is 19.5 Å². The number of aryl methyl sites for hydroxylation is 1. The van der Waals surface area contributed by atoms with E-state index in [0.29, 0.717) is 53.9 Å². The maximum atomic E-state index is 14.9. The quantitative estimate of drug-likeness (QED) is 0.229. The largest absolute Gasteiger partial charge is 0.432 e. The number of fused-ring (bicyclic) bond motifs is 3. The van der Waals surface area contributed by atoms with E-state index in [0.717, 1.165) is 10.9 Å². The van der Waals surface area contributed by atoms with Gasteiger partial charge in [-0.05, 0) is 49.3 Å². The van der Waals surface area contributed by atoms with Crippen molar-refractivity contribution in [2.45, 2.75) is 63.2 Å². The van der Waals surface area contributed by atoms with Crippen LogP contribution in [0.5, 0.6) is 0 Å². The van der Waals surface area contributed by atoms with Crippen molar-refractivity contribution in [1.29, 1.82) is 0 Å². The number of benzene rings is 3. The van der Waals surface area contributed by atoms with E-state index in [1.54, 1.807) is 28.0 Å². The standard InChI is InChI=1S/C35H38N6O5Si/c1-23-32(47(2,3)45)31(15-17-39-22-26(16-18-42)37-38-39)46-35(23)29-19-27(41-33(43)28-12-8-7-11-25(28)20-36-41)13-14-30(29)40(34(35)44)21-24-9-5-4-6-10-24/h4-14,19-20,22-23,31-32,42,45H,15-18,21H2,1-3H3/t23-,31+,32-,35+/m1/s1. The normalized spacial score (nSPS) is 22.4. The number of nitrogens with zero attached hydrogens (tertiary/aromatic N) is 6. The Balaban J connectivity index is 1.33. The molecule has 1 fully saturated rings. The van der Waals surface area contributed by atoms with Crippen LogP contribution in [0.3, 0.4) is 0 Å². The smallest absolute Gasteiger partial charge is 0.279 e. The average molecular weight is 651 g/mol. The molecular formula is C35H38N6O5Si. The number of hydrogen-bond donors (Lipinski definition) is 2. The minimum atomic E-state index is -2.90. The van der Waals surface area contributed by atoms with Gasteiger partial charge in [-0.15, -0.1) is 5.10 Å². The fourth-order valence-electron chi connectivity index (χ4n) is 7.60. The van der Waals surface area contributed by atoms with Crippen LogP contribution in [0.4, 0.5) is 5.69 Å². The van der Waals surface area contributed by atoms with E-state index < -0.39 is 20.0 Å².